The van der Waals surface area contributed by atoms with Gasteiger partial charge in [0.1, 0.15) is 5.01 Å². The predicted octanol–water partition coefficient (Wildman–Crippen LogP) is 3.17. The molecule has 25 heavy (non-hydrogen) atoms. The summed E-state index contributed by atoms with van der Waals surface area (Å²) in [4.78, 5) is 18.5. The average molecular weight is 375 g/mol. The number of benzene rings is 1. The first-order valence-electron chi connectivity index (χ1n) is 8.14. The highest BCUT2D eigenvalue weighted by atomic mass is 32.2. The first-order chi connectivity index (χ1) is 12.2. The molecule has 0 atom stereocenters. The highest BCUT2D eigenvalue weighted by Crippen LogP contribution is 2.34. The topological polar surface area (TPSA) is 65.7 Å². The van der Waals surface area contributed by atoms with Crippen molar-refractivity contribution in [2.75, 3.05) is 13.2 Å². The highest BCUT2D eigenvalue weighted by molar-refractivity contribution is 7.98. The second-order valence-corrected chi connectivity index (χ2v) is 7.67. The summed E-state index contributed by atoms with van der Waals surface area (Å²) in [5.74, 6) is 2.18. The van der Waals surface area contributed by atoms with Crippen LogP contribution in [0.1, 0.15) is 24.0 Å². The number of aryl methyl sites for hydroxylation is 1. The Balaban J connectivity index is 1.54. The van der Waals surface area contributed by atoms with Crippen molar-refractivity contribution in [3.63, 3.8) is 0 Å². The van der Waals surface area contributed by atoms with Gasteiger partial charge >= 0.3 is 0 Å². The van der Waals surface area contributed by atoms with Gasteiger partial charge in [-0.3, -0.25) is 4.79 Å². The van der Waals surface area contributed by atoms with Crippen molar-refractivity contribution >= 4 is 28.1 Å². The standard InChI is InChI=1S/C17H17N3O3S2/c1-2-15-19-20-16(21)8-11(18-17(20)25-15)10-24-12-4-5-13-14(9-12)23-7-3-6-22-13/h4-5,8-9H,2-3,6-7,10H2,1H3. The van der Waals surface area contributed by atoms with Gasteiger partial charge in [-0.05, 0) is 24.6 Å². The van der Waals surface area contributed by atoms with Gasteiger partial charge in [-0.1, -0.05) is 18.3 Å². The monoisotopic (exact) mass is 375 g/mol. The Morgan fingerprint density at radius 2 is 2.08 bits per heavy atom. The van der Waals surface area contributed by atoms with Crippen molar-refractivity contribution in [1.29, 1.82) is 0 Å². The quantitative estimate of drug-likeness (QED) is 0.653. The van der Waals surface area contributed by atoms with Gasteiger partial charge < -0.3 is 9.47 Å². The summed E-state index contributed by atoms with van der Waals surface area (Å²) < 4.78 is 12.7. The maximum absolute atomic E-state index is 12.2. The van der Waals surface area contributed by atoms with E-state index in [1.807, 2.05) is 25.1 Å². The summed E-state index contributed by atoms with van der Waals surface area (Å²) in [6, 6.07) is 7.48. The van der Waals surface area contributed by atoms with Crippen LogP contribution in [0.5, 0.6) is 11.5 Å². The molecule has 130 valence electrons. The number of fused-ring (bicyclic) bond motifs is 2. The fourth-order valence-corrected chi connectivity index (χ4v) is 4.18. The number of nitrogens with zero attached hydrogens (tertiary/aromatic N) is 3. The minimum Gasteiger partial charge on any atom is -0.490 e. The Bertz CT molecular complexity index is 967. The highest BCUT2D eigenvalue weighted by Gasteiger charge is 2.12. The van der Waals surface area contributed by atoms with Crippen LogP contribution in [0.2, 0.25) is 0 Å². The molecular formula is C17H17N3O3S2. The minimum atomic E-state index is -0.129. The number of hydrogen-bond donors (Lipinski definition) is 0. The summed E-state index contributed by atoms with van der Waals surface area (Å²) in [6.07, 6.45) is 1.69. The van der Waals surface area contributed by atoms with Crippen LogP contribution in [0.4, 0.5) is 0 Å². The molecule has 0 spiro atoms. The number of rotatable bonds is 4. The van der Waals surface area contributed by atoms with E-state index in [1.165, 1.54) is 15.9 Å². The molecule has 0 unspecified atom stereocenters. The molecule has 0 amide bonds. The van der Waals surface area contributed by atoms with Crippen LogP contribution < -0.4 is 15.0 Å². The third-order valence-corrected chi connectivity index (χ3v) is 5.83. The lowest BCUT2D eigenvalue weighted by Crippen LogP contribution is -2.15. The smallest absolute Gasteiger partial charge is 0.275 e. The molecular weight excluding hydrogens is 358 g/mol. The van der Waals surface area contributed by atoms with Crippen molar-refractivity contribution < 1.29 is 9.47 Å². The molecule has 1 aromatic carbocycles. The minimum absolute atomic E-state index is 0.129. The molecule has 6 nitrogen and oxygen atoms in total. The third-order valence-electron chi connectivity index (χ3n) is 3.75. The summed E-state index contributed by atoms with van der Waals surface area (Å²) in [6.45, 7) is 3.37. The lowest BCUT2D eigenvalue weighted by molar-refractivity contribution is 0.297. The normalized spacial score (nSPS) is 13.8. The number of aromatic nitrogens is 3. The van der Waals surface area contributed by atoms with Crippen LogP contribution in [0.25, 0.3) is 4.96 Å². The first kappa shape index (κ1) is 16.4. The molecule has 0 aliphatic carbocycles. The van der Waals surface area contributed by atoms with E-state index in [0.717, 1.165) is 39.9 Å². The van der Waals surface area contributed by atoms with E-state index in [9.17, 15) is 4.79 Å². The van der Waals surface area contributed by atoms with E-state index in [1.54, 1.807) is 17.8 Å². The maximum Gasteiger partial charge on any atom is 0.275 e. The second kappa shape index (κ2) is 7.05. The zero-order valence-corrected chi connectivity index (χ0v) is 15.4. The van der Waals surface area contributed by atoms with Crippen molar-refractivity contribution in [2.45, 2.75) is 30.4 Å². The molecule has 0 bridgehead atoms. The molecule has 0 radical (unpaired) electrons. The van der Waals surface area contributed by atoms with E-state index in [-0.39, 0.29) is 5.56 Å². The van der Waals surface area contributed by atoms with Crippen molar-refractivity contribution in [3.05, 3.63) is 45.3 Å². The first-order valence-corrected chi connectivity index (χ1v) is 9.94. The summed E-state index contributed by atoms with van der Waals surface area (Å²) in [5, 5.41) is 5.18. The molecule has 0 saturated carbocycles. The zero-order valence-electron chi connectivity index (χ0n) is 13.7. The average Bonchev–Trinajstić information content (AvgIpc) is 2.90. The molecule has 2 aromatic heterocycles. The lowest BCUT2D eigenvalue weighted by Gasteiger charge is -2.09. The fourth-order valence-electron chi connectivity index (χ4n) is 2.50. The Labute approximate surface area is 152 Å². The molecule has 1 aliphatic heterocycles. The van der Waals surface area contributed by atoms with Gasteiger partial charge in [-0.2, -0.15) is 9.61 Å². The van der Waals surface area contributed by atoms with Crippen LogP contribution in [0, 0.1) is 0 Å². The maximum atomic E-state index is 12.2. The van der Waals surface area contributed by atoms with Crippen LogP contribution in [-0.2, 0) is 12.2 Å². The Morgan fingerprint density at radius 3 is 2.92 bits per heavy atom. The molecule has 1 aliphatic rings. The van der Waals surface area contributed by atoms with Gasteiger partial charge in [0.15, 0.2) is 11.5 Å². The molecule has 3 heterocycles. The van der Waals surface area contributed by atoms with E-state index in [4.69, 9.17) is 9.47 Å². The van der Waals surface area contributed by atoms with E-state index < -0.39 is 0 Å². The second-order valence-electron chi connectivity index (χ2n) is 5.58. The van der Waals surface area contributed by atoms with Gasteiger partial charge in [0, 0.05) is 23.1 Å². The van der Waals surface area contributed by atoms with Gasteiger partial charge in [0.25, 0.3) is 5.56 Å². The largest absolute Gasteiger partial charge is 0.490 e. The number of thioether (sulfide) groups is 1. The Kier molecular flexibility index (Phi) is 4.63. The van der Waals surface area contributed by atoms with Crippen molar-refractivity contribution in [3.8, 4) is 11.5 Å². The summed E-state index contributed by atoms with van der Waals surface area (Å²) >= 11 is 3.08. The molecule has 8 heteroatoms. The SMILES string of the molecule is CCc1nn2c(=O)cc(CSc3ccc4c(c3)OCCCO4)nc2s1. The van der Waals surface area contributed by atoms with E-state index >= 15 is 0 Å². The third kappa shape index (κ3) is 3.50. The lowest BCUT2D eigenvalue weighted by atomic mass is 10.3. The number of ether oxygens (including phenoxy) is 2. The van der Waals surface area contributed by atoms with Crippen molar-refractivity contribution in [2.24, 2.45) is 0 Å². The molecule has 3 aromatic rings. The zero-order chi connectivity index (χ0) is 17.2. The Morgan fingerprint density at radius 1 is 1.24 bits per heavy atom. The molecule has 4 rings (SSSR count). The number of hydrogen-bond acceptors (Lipinski definition) is 7. The van der Waals surface area contributed by atoms with E-state index in [2.05, 4.69) is 10.1 Å². The van der Waals surface area contributed by atoms with Crippen LogP contribution >= 0.6 is 23.1 Å². The fraction of sp³-hybridized carbons (Fsp3) is 0.353. The van der Waals surface area contributed by atoms with Crippen LogP contribution in [0.15, 0.2) is 34.0 Å². The molecule has 0 N–H and O–H groups in total. The Hall–Kier alpha value is -2.06. The van der Waals surface area contributed by atoms with Gasteiger partial charge in [-0.25, -0.2) is 4.98 Å². The van der Waals surface area contributed by atoms with Crippen molar-refractivity contribution in [1.82, 2.24) is 14.6 Å². The molecule has 0 saturated heterocycles. The summed E-state index contributed by atoms with van der Waals surface area (Å²) in [7, 11) is 0. The summed E-state index contributed by atoms with van der Waals surface area (Å²) in [5.41, 5.74) is 0.628. The molecule has 0 fully saturated rings. The predicted molar refractivity (Wildman–Crippen MR) is 98.1 cm³/mol. The van der Waals surface area contributed by atoms with E-state index in [0.29, 0.717) is 23.9 Å². The van der Waals surface area contributed by atoms with Gasteiger partial charge in [-0.15, -0.1) is 11.8 Å². The van der Waals surface area contributed by atoms with Crippen LogP contribution in [0.3, 0.4) is 0 Å². The van der Waals surface area contributed by atoms with Crippen LogP contribution in [-0.4, -0.2) is 27.8 Å². The van der Waals surface area contributed by atoms with Gasteiger partial charge in [0.2, 0.25) is 4.96 Å². The van der Waals surface area contributed by atoms with Gasteiger partial charge in [0.05, 0.1) is 18.9 Å².